The monoisotopic (exact) mass is 307 g/mol. The molecule has 1 rings (SSSR count). The van der Waals surface area contributed by atoms with Crippen molar-refractivity contribution < 1.29 is 9.47 Å². The lowest BCUT2D eigenvalue weighted by molar-refractivity contribution is 0.354. The third-order valence-corrected chi connectivity index (χ3v) is 3.58. The van der Waals surface area contributed by atoms with Crippen LogP contribution in [0.15, 0.2) is 23.2 Å². The molecule has 0 aromatic heterocycles. The van der Waals surface area contributed by atoms with Crippen LogP contribution >= 0.6 is 0 Å². The van der Waals surface area contributed by atoms with Crippen LogP contribution in [-0.4, -0.2) is 32.8 Å². The summed E-state index contributed by atoms with van der Waals surface area (Å²) in [5.74, 6) is 2.83. The van der Waals surface area contributed by atoms with Gasteiger partial charge in [0.25, 0.3) is 0 Å². The molecule has 1 atom stereocenters. The lowest BCUT2D eigenvalue weighted by atomic mass is 10.1. The van der Waals surface area contributed by atoms with Crippen molar-refractivity contribution in [3.8, 4) is 11.5 Å². The molecule has 2 N–H and O–H groups in total. The predicted molar refractivity (Wildman–Crippen MR) is 91.8 cm³/mol. The molecule has 1 aromatic rings. The van der Waals surface area contributed by atoms with Gasteiger partial charge in [0, 0.05) is 12.6 Å². The highest BCUT2D eigenvalue weighted by molar-refractivity contribution is 5.80. The average Bonchev–Trinajstić information content (AvgIpc) is 2.52. The molecule has 5 heteroatoms. The second-order valence-electron chi connectivity index (χ2n) is 5.56. The van der Waals surface area contributed by atoms with Gasteiger partial charge < -0.3 is 20.1 Å². The highest BCUT2D eigenvalue weighted by Crippen LogP contribution is 2.27. The molecule has 0 aliphatic heterocycles. The van der Waals surface area contributed by atoms with Gasteiger partial charge in [0.2, 0.25) is 0 Å². The molecule has 0 radical (unpaired) electrons. The minimum Gasteiger partial charge on any atom is -0.493 e. The van der Waals surface area contributed by atoms with Gasteiger partial charge in [0.1, 0.15) is 0 Å². The summed E-state index contributed by atoms with van der Waals surface area (Å²) in [5.41, 5.74) is 1.08. The van der Waals surface area contributed by atoms with E-state index in [4.69, 9.17) is 9.47 Å². The molecular weight excluding hydrogens is 278 g/mol. The number of aliphatic imine (C=N–C) groups is 1. The molecule has 1 aromatic carbocycles. The molecule has 0 saturated heterocycles. The summed E-state index contributed by atoms with van der Waals surface area (Å²) >= 11 is 0. The Kier molecular flexibility index (Phi) is 7.57. The van der Waals surface area contributed by atoms with Gasteiger partial charge in [-0.3, -0.25) is 0 Å². The fourth-order valence-corrected chi connectivity index (χ4v) is 1.85. The maximum absolute atomic E-state index is 5.32. The fraction of sp³-hybridized carbons (Fsp3) is 0.588. The normalized spacial score (nSPS) is 13.0. The minimum atomic E-state index is 0.364. The quantitative estimate of drug-likeness (QED) is 0.601. The summed E-state index contributed by atoms with van der Waals surface area (Å²) in [6.45, 7) is 10.0. The van der Waals surface area contributed by atoms with Gasteiger partial charge in [-0.25, -0.2) is 4.99 Å². The lowest BCUT2D eigenvalue weighted by Gasteiger charge is -2.20. The highest BCUT2D eigenvalue weighted by Gasteiger charge is 2.09. The molecule has 0 amide bonds. The lowest BCUT2D eigenvalue weighted by Crippen LogP contribution is -2.44. The summed E-state index contributed by atoms with van der Waals surface area (Å²) in [4.78, 5) is 4.64. The van der Waals surface area contributed by atoms with Crippen molar-refractivity contribution in [2.24, 2.45) is 10.9 Å². The Morgan fingerprint density at radius 1 is 1.14 bits per heavy atom. The minimum absolute atomic E-state index is 0.364. The Morgan fingerprint density at radius 3 is 2.36 bits per heavy atom. The standard InChI is InChI=1S/C17H29N3O2/c1-7-18-17(20-13(4)12(2)3)19-11-14-8-9-15(21-5)16(10-14)22-6/h8-10,12-13H,7,11H2,1-6H3,(H2,18,19,20). The summed E-state index contributed by atoms with van der Waals surface area (Å²) in [6.07, 6.45) is 0. The van der Waals surface area contributed by atoms with E-state index in [-0.39, 0.29) is 0 Å². The van der Waals surface area contributed by atoms with Crippen molar-refractivity contribution in [1.29, 1.82) is 0 Å². The molecule has 0 spiro atoms. The highest BCUT2D eigenvalue weighted by atomic mass is 16.5. The van der Waals surface area contributed by atoms with Crippen LogP contribution in [-0.2, 0) is 6.54 Å². The Labute approximate surface area is 134 Å². The number of hydrogen-bond donors (Lipinski definition) is 2. The molecule has 22 heavy (non-hydrogen) atoms. The van der Waals surface area contributed by atoms with Crippen LogP contribution in [0, 0.1) is 5.92 Å². The van der Waals surface area contributed by atoms with Gasteiger partial charge in [-0.1, -0.05) is 19.9 Å². The Hall–Kier alpha value is -1.91. The zero-order valence-corrected chi connectivity index (χ0v) is 14.6. The molecule has 124 valence electrons. The van der Waals surface area contributed by atoms with Gasteiger partial charge in [-0.15, -0.1) is 0 Å². The number of guanidine groups is 1. The van der Waals surface area contributed by atoms with Crippen LogP contribution < -0.4 is 20.1 Å². The molecule has 1 unspecified atom stereocenters. The van der Waals surface area contributed by atoms with Crippen molar-refractivity contribution in [1.82, 2.24) is 10.6 Å². The van der Waals surface area contributed by atoms with Gasteiger partial charge >= 0.3 is 0 Å². The van der Waals surface area contributed by atoms with E-state index < -0.39 is 0 Å². The first-order valence-electron chi connectivity index (χ1n) is 7.77. The SMILES string of the molecule is CCNC(=NCc1ccc(OC)c(OC)c1)NC(C)C(C)C. The van der Waals surface area contributed by atoms with E-state index >= 15 is 0 Å². The smallest absolute Gasteiger partial charge is 0.191 e. The average molecular weight is 307 g/mol. The van der Waals surface area contributed by atoms with E-state index in [9.17, 15) is 0 Å². The molecule has 0 saturated carbocycles. The first kappa shape index (κ1) is 18.1. The topological polar surface area (TPSA) is 54.9 Å². The Balaban J connectivity index is 2.81. The van der Waals surface area contributed by atoms with E-state index in [1.165, 1.54) is 0 Å². The Morgan fingerprint density at radius 2 is 1.82 bits per heavy atom. The van der Waals surface area contributed by atoms with E-state index in [0.717, 1.165) is 29.6 Å². The third kappa shape index (κ3) is 5.47. The van der Waals surface area contributed by atoms with Crippen LogP contribution in [0.4, 0.5) is 0 Å². The zero-order valence-electron chi connectivity index (χ0n) is 14.6. The van der Waals surface area contributed by atoms with E-state index in [2.05, 4.69) is 43.3 Å². The van der Waals surface area contributed by atoms with Gasteiger partial charge in [-0.2, -0.15) is 0 Å². The van der Waals surface area contributed by atoms with Crippen LogP contribution in [0.3, 0.4) is 0 Å². The summed E-state index contributed by atoms with van der Waals surface area (Å²) in [5, 5.41) is 6.69. The van der Waals surface area contributed by atoms with Crippen molar-refractivity contribution in [2.75, 3.05) is 20.8 Å². The van der Waals surface area contributed by atoms with Crippen LogP contribution in [0.1, 0.15) is 33.3 Å². The first-order chi connectivity index (χ1) is 10.5. The molecule has 0 heterocycles. The third-order valence-electron chi connectivity index (χ3n) is 3.58. The molecule has 5 nitrogen and oxygen atoms in total. The number of nitrogens with one attached hydrogen (secondary N) is 2. The number of rotatable bonds is 7. The van der Waals surface area contributed by atoms with Gasteiger partial charge in [-0.05, 0) is 37.5 Å². The maximum atomic E-state index is 5.32. The van der Waals surface area contributed by atoms with Crippen LogP contribution in [0.2, 0.25) is 0 Å². The fourth-order valence-electron chi connectivity index (χ4n) is 1.85. The van der Waals surface area contributed by atoms with Gasteiger partial charge in [0.05, 0.1) is 20.8 Å². The molecule has 0 bridgehead atoms. The number of nitrogens with zero attached hydrogens (tertiary/aromatic N) is 1. The molecular formula is C17H29N3O2. The van der Waals surface area contributed by atoms with Crippen LogP contribution in [0.5, 0.6) is 11.5 Å². The molecule has 0 aliphatic rings. The van der Waals surface area contributed by atoms with Crippen LogP contribution in [0.25, 0.3) is 0 Å². The zero-order chi connectivity index (χ0) is 16.5. The number of methoxy groups -OCH3 is 2. The van der Waals surface area contributed by atoms with E-state index in [1.54, 1.807) is 14.2 Å². The second kappa shape index (κ2) is 9.18. The Bertz CT molecular complexity index is 487. The van der Waals surface area contributed by atoms with E-state index in [0.29, 0.717) is 18.5 Å². The second-order valence-corrected chi connectivity index (χ2v) is 5.56. The number of benzene rings is 1. The van der Waals surface area contributed by atoms with Gasteiger partial charge in [0.15, 0.2) is 17.5 Å². The number of ether oxygens (including phenoxy) is 2. The molecule has 0 fully saturated rings. The van der Waals surface area contributed by atoms with E-state index in [1.807, 2.05) is 18.2 Å². The first-order valence-corrected chi connectivity index (χ1v) is 7.77. The van der Waals surface area contributed by atoms with Crippen molar-refractivity contribution >= 4 is 5.96 Å². The van der Waals surface area contributed by atoms with Crippen molar-refractivity contribution in [3.63, 3.8) is 0 Å². The maximum Gasteiger partial charge on any atom is 0.191 e. The summed E-state index contributed by atoms with van der Waals surface area (Å²) < 4.78 is 10.6. The molecule has 0 aliphatic carbocycles. The largest absolute Gasteiger partial charge is 0.493 e. The number of hydrogen-bond acceptors (Lipinski definition) is 3. The van der Waals surface area contributed by atoms with Crippen molar-refractivity contribution in [3.05, 3.63) is 23.8 Å². The summed E-state index contributed by atoms with van der Waals surface area (Å²) in [6, 6.07) is 6.22. The predicted octanol–water partition coefficient (Wildman–Crippen LogP) is 2.80. The van der Waals surface area contributed by atoms with Crippen molar-refractivity contribution in [2.45, 2.75) is 40.3 Å². The summed E-state index contributed by atoms with van der Waals surface area (Å²) in [7, 11) is 3.27.